The van der Waals surface area contributed by atoms with Crippen LogP contribution in [0.2, 0.25) is 0 Å². The first-order chi connectivity index (χ1) is 11.0. The number of carbonyl (C=O) groups excluding carboxylic acids is 2. The Morgan fingerprint density at radius 2 is 2.13 bits per heavy atom. The maximum atomic E-state index is 12.1. The molecule has 120 valence electrons. The second-order valence-corrected chi connectivity index (χ2v) is 4.91. The summed E-state index contributed by atoms with van der Waals surface area (Å²) in [5.41, 5.74) is 7.18. The minimum absolute atomic E-state index is 0.0358. The summed E-state index contributed by atoms with van der Waals surface area (Å²) in [6.07, 6.45) is 4.46. The van der Waals surface area contributed by atoms with Gasteiger partial charge < -0.3 is 15.8 Å². The van der Waals surface area contributed by atoms with E-state index in [1.165, 1.54) is 23.2 Å². The molecule has 1 aromatic carbocycles. The Kier molecular flexibility index (Phi) is 5.14. The summed E-state index contributed by atoms with van der Waals surface area (Å²) in [7, 11) is 1.58. The molecule has 0 atom stereocenters. The molecule has 2 rings (SSSR count). The number of allylic oxidation sites excluding steroid dienone is 1. The lowest BCUT2D eigenvalue weighted by Gasteiger charge is -2.08. The fourth-order valence-corrected chi connectivity index (χ4v) is 2.10. The van der Waals surface area contributed by atoms with Gasteiger partial charge in [-0.2, -0.15) is 5.10 Å². The highest BCUT2D eigenvalue weighted by Gasteiger charge is 2.07. The average Bonchev–Trinajstić information content (AvgIpc) is 2.93. The number of hydrogen-bond acceptors (Lipinski definition) is 4. The van der Waals surface area contributed by atoms with E-state index in [0.29, 0.717) is 11.4 Å². The molecule has 3 N–H and O–H groups in total. The van der Waals surface area contributed by atoms with Gasteiger partial charge in [-0.25, -0.2) is 0 Å². The first-order valence-electron chi connectivity index (χ1n) is 6.93. The van der Waals surface area contributed by atoms with E-state index in [9.17, 15) is 9.59 Å². The van der Waals surface area contributed by atoms with E-state index in [2.05, 4.69) is 10.4 Å². The van der Waals surface area contributed by atoms with Crippen LogP contribution in [0.25, 0.3) is 5.57 Å². The Bertz CT molecular complexity index is 749. The molecule has 0 aliphatic heterocycles. The van der Waals surface area contributed by atoms with Gasteiger partial charge in [-0.05, 0) is 18.6 Å². The lowest BCUT2D eigenvalue weighted by Crippen LogP contribution is -2.18. The molecule has 0 spiro atoms. The Morgan fingerprint density at radius 1 is 1.39 bits per heavy atom. The van der Waals surface area contributed by atoms with E-state index >= 15 is 0 Å². The van der Waals surface area contributed by atoms with Crippen LogP contribution in [0.15, 0.2) is 42.7 Å². The number of nitrogens with two attached hydrogens (primary N) is 1. The van der Waals surface area contributed by atoms with E-state index in [1.807, 2.05) is 31.2 Å². The van der Waals surface area contributed by atoms with E-state index in [1.54, 1.807) is 7.11 Å². The summed E-state index contributed by atoms with van der Waals surface area (Å²) < 4.78 is 6.63. The summed E-state index contributed by atoms with van der Waals surface area (Å²) in [6.45, 7) is 1.79. The van der Waals surface area contributed by atoms with E-state index < -0.39 is 5.91 Å². The molecule has 0 bridgehead atoms. The van der Waals surface area contributed by atoms with Crippen LogP contribution in [0.4, 0.5) is 5.69 Å². The maximum absolute atomic E-state index is 12.1. The number of ether oxygens (including phenoxy) is 1. The number of nitrogens with one attached hydrogen (secondary N) is 1. The van der Waals surface area contributed by atoms with Crippen LogP contribution in [0.1, 0.15) is 12.5 Å². The monoisotopic (exact) mass is 314 g/mol. The van der Waals surface area contributed by atoms with E-state index in [4.69, 9.17) is 10.5 Å². The topological polar surface area (TPSA) is 99.2 Å². The van der Waals surface area contributed by atoms with Crippen LogP contribution in [0, 0.1) is 0 Å². The molecule has 0 unspecified atom stereocenters. The van der Waals surface area contributed by atoms with Crippen molar-refractivity contribution in [2.24, 2.45) is 5.73 Å². The Balaban J connectivity index is 2.08. The van der Waals surface area contributed by atoms with E-state index in [-0.39, 0.29) is 12.5 Å². The quantitative estimate of drug-likeness (QED) is 0.788. The first kappa shape index (κ1) is 16.3. The molecule has 7 heteroatoms. The number of rotatable bonds is 6. The van der Waals surface area contributed by atoms with Crippen LogP contribution in [-0.4, -0.2) is 28.7 Å². The fourth-order valence-electron chi connectivity index (χ4n) is 2.10. The van der Waals surface area contributed by atoms with Crippen LogP contribution in [-0.2, 0) is 16.1 Å². The second kappa shape index (κ2) is 7.26. The van der Waals surface area contributed by atoms with Gasteiger partial charge >= 0.3 is 0 Å². The number of para-hydroxylation sites is 1. The molecular weight excluding hydrogens is 296 g/mol. The van der Waals surface area contributed by atoms with Crippen molar-refractivity contribution < 1.29 is 14.3 Å². The number of hydrogen-bond donors (Lipinski definition) is 2. The Labute approximate surface area is 133 Å². The molecule has 0 saturated heterocycles. The molecule has 2 amide bonds. The molecule has 23 heavy (non-hydrogen) atoms. The zero-order valence-electron chi connectivity index (χ0n) is 12.9. The average molecular weight is 314 g/mol. The van der Waals surface area contributed by atoms with Gasteiger partial charge in [0.05, 0.1) is 19.0 Å². The number of carbonyl (C=O) groups is 2. The number of nitrogens with zero attached hydrogens (tertiary/aromatic N) is 2. The third kappa shape index (κ3) is 4.44. The summed E-state index contributed by atoms with van der Waals surface area (Å²) >= 11 is 0. The molecule has 1 aromatic heterocycles. The molecule has 1 heterocycles. The zero-order chi connectivity index (χ0) is 16.8. The normalized spacial score (nSPS) is 11.1. The van der Waals surface area contributed by atoms with Crippen LogP contribution < -0.4 is 15.8 Å². The van der Waals surface area contributed by atoms with Crippen molar-refractivity contribution in [1.29, 1.82) is 0 Å². The van der Waals surface area contributed by atoms with Crippen molar-refractivity contribution in [3.8, 4) is 5.75 Å². The smallest absolute Gasteiger partial charge is 0.248 e. The third-order valence-corrected chi connectivity index (χ3v) is 3.10. The zero-order valence-corrected chi connectivity index (χ0v) is 12.9. The summed E-state index contributed by atoms with van der Waals surface area (Å²) in [4.78, 5) is 22.9. The summed E-state index contributed by atoms with van der Waals surface area (Å²) in [5, 5.41) is 6.62. The first-order valence-corrected chi connectivity index (χ1v) is 6.93. The molecular formula is C16H18N4O3. The minimum Gasteiger partial charge on any atom is -0.496 e. The second-order valence-electron chi connectivity index (χ2n) is 4.91. The molecule has 2 aromatic rings. The number of amides is 2. The van der Waals surface area contributed by atoms with Gasteiger partial charge in [0.1, 0.15) is 12.3 Å². The molecule has 0 radical (unpaired) electrons. The van der Waals surface area contributed by atoms with Crippen molar-refractivity contribution in [3.05, 3.63) is 48.3 Å². The Hall–Kier alpha value is -3.09. The third-order valence-electron chi connectivity index (χ3n) is 3.10. The van der Waals surface area contributed by atoms with E-state index in [0.717, 1.165) is 11.1 Å². The number of anilines is 1. The maximum Gasteiger partial charge on any atom is 0.248 e. The molecule has 0 fully saturated rings. The number of methoxy groups -OCH3 is 1. The predicted molar refractivity (Wildman–Crippen MR) is 86.7 cm³/mol. The van der Waals surface area contributed by atoms with Crippen LogP contribution >= 0.6 is 0 Å². The van der Waals surface area contributed by atoms with Gasteiger partial charge in [0.25, 0.3) is 0 Å². The highest BCUT2D eigenvalue weighted by Crippen LogP contribution is 2.25. The van der Waals surface area contributed by atoms with Crippen molar-refractivity contribution >= 4 is 23.1 Å². The predicted octanol–water partition coefficient (Wildman–Crippen LogP) is 1.42. The van der Waals surface area contributed by atoms with Crippen molar-refractivity contribution in [2.75, 3.05) is 12.4 Å². The lowest BCUT2D eigenvalue weighted by atomic mass is 10.1. The highest BCUT2D eigenvalue weighted by atomic mass is 16.5. The van der Waals surface area contributed by atoms with Crippen molar-refractivity contribution in [3.63, 3.8) is 0 Å². The van der Waals surface area contributed by atoms with Gasteiger partial charge in [-0.15, -0.1) is 0 Å². The SMILES string of the molecule is COc1ccccc1/C(C)=C\C(=O)Nc1cnn(CC(N)=O)c1. The van der Waals surface area contributed by atoms with Gasteiger partial charge in [0.2, 0.25) is 11.8 Å². The molecule has 0 saturated carbocycles. The van der Waals surface area contributed by atoms with Gasteiger partial charge in [0.15, 0.2) is 0 Å². The molecule has 0 aliphatic carbocycles. The number of benzene rings is 1. The van der Waals surface area contributed by atoms with Gasteiger partial charge in [-0.1, -0.05) is 18.2 Å². The van der Waals surface area contributed by atoms with Gasteiger partial charge in [0, 0.05) is 17.8 Å². The summed E-state index contributed by atoms with van der Waals surface area (Å²) in [6, 6.07) is 7.45. The van der Waals surface area contributed by atoms with Crippen LogP contribution in [0.3, 0.4) is 0 Å². The van der Waals surface area contributed by atoms with Crippen molar-refractivity contribution in [1.82, 2.24) is 9.78 Å². The highest BCUT2D eigenvalue weighted by molar-refractivity contribution is 6.04. The standard InChI is InChI=1S/C16H18N4O3/c1-11(13-5-3-4-6-14(13)23-2)7-16(22)19-12-8-18-20(9-12)10-15(17)21/h3-9H,10H2,1-2H3,(H2,17,21)(H,19,22)/b11-7-. The van der Waals surface area contributed by atoms with Gasteiger partial charge in [-0.3, -0.25) is 14.3 Å². The molecule has 7 nitrogen and oxygen atoms in total. The minimum atomic E-state index is -0.502. The largest absolute Gasteiger partial charge is 0.496 e. The molecule has 0 aliphatic rings. The number of aromatic nitrogens is 2. The van der Waals surface area contributed by atoms with Crippen LogP contribution in [0.5, 0.6) is 5.75 Å². The lowest BCUT2D eigenvalue weighted by molar-refractivity contribution is -0.118. The summed E-state index contributed by atoms with van der Waals surface area (Å²) in [5.74, 6) is -0.103. The Morgan fingerprint density at radius 3 is 2.83 bits per heavy atom. The number of primary amides is 1. The van der Waals surface area contributed by atoms with Crippen molar-refractivity contribution in [2.45, 2.75) is 13.5 Å². The fraction of sp³-hybridized carbons (Fsp3) is 0.188.